The molecule has 1 aromatic rings. The first-order chi connectivity index (χ1) is 7.86. The van der Waals surface area contributed by atoms with E-state index in [0.29, 0.717) is 0 Å². The third-order valence-electron chi connectivity index (χ3n) is 1.80. The van der Waals surface area contributed by atoms with E-state index >= 15 is 0 Å². The summed E-state index contributed by atoms with van der Waals surface area (Å²) in [4.78, 5) is 6.47. The zero-order chi connectivity index (χ0) is 13.1. The number of aromatic nitrogens is 2. The molecule has 1 aromatic heterocycles. The van der Waals surface area contributed by atoms with E-state index in [4.69, 9.17) is 10.9 Å². The molecule has 9 heteroatoms. The van der Waals surface area contributed by atoms with Crippen molar-refractivity contribution >= 4 is 11.6 Å². The molecule has 0 aliphatic rings. The van der Waals surface area contributed by atoms with Crippen LogP contribution in [0.2, 0.25) is 0 Å². The van der Waals surface area contributed by atoms with Gasteiger partial charge in [0.15, 0.2) is 0 Å². The maximum Gasteiger partial charge on any atom is 0.451 e. The van der Waals surface area contributed by atoms with Crippen LogP contribution in [0.4, 0.5) is 24.8 Å². The fourth-order valence-electron chi connectivity index (χ4n) is 1.02. The van der Waals surface area contributed by atoms with Crippen molar-refractivity contribution < 1.29 is 18.3 Å². The van der Waals surface area contributed by atoms with Crippen LogP contribution >= 0.6 is 0 Å². The molecule has 1 atom stereocenters. The number of halogens is 3. The van der Waals surface area contributed by atoms with Crippen LogP contribution in [0.15, 0.2) is 6.07 Å². The Morgan fingerprint density at radius 1 is 1.41 bits per heavy atom. The lowest BCUT2D eigenvalue weighted by Gasteiger charge is -2.14. The predicted octanol–water partition coefficient (Wildman–Crippen LogP) is 0.574. The molecule has 5 N–H and O–H groups in total. The van der Waals surface area contributed by atoms with Crippen molar-refractivity contribution in [2.45, 2.75) is 19.1 Å². The number of nitrogens with one attached hydrogen (secondary N) is 2. The van der Waals surface area contributed by atoms with Crippen LogP contribution in [-0.2, 0) is 6.18 Å². The van der Waals surface area contributed by atoms with Crippen LogP contribution < -0.4 is 16.6 Å². The van der Waals surface area contributed by atoms with E-state index in [0.717, 1.165) is 0 Å². The van der Waals surface area contributed by atoms with Crippen LogP contribution in [0.5, 0.6) is 0 Å². The minimum Gasteiger partial charge on any atom is -0.394 e. The molecule has 1 unspecified atom stereocenters. The summed E-state index contributed by atoms with van der Waals surface area (Å²) in [7, 11) is 0. The topological polar surface area (TPSA) is 96.1 Å². The number of hydrazine groups is 1. The van der Waals surface area contributed by atoms with E-state index in [9.17, 15) is 13.2 Å². The molecule has 0 saturated carbocycles. The van der Waals surface area contributed by atoms with Crippen LogP contribution in [0.25, 0.3) is 0 Å². The van der Waals surface area contributed by atoms with Gasteiger partial charge in [0.1, 0.15) is 11.6 Å². The maximum atomic E-state index is 12.4. The molecule has 0 aliphatic heterocycles. The van der Waals surface area contributed by atoms with Crippen LogP contribution in [0, 0.1) is 0 Å². The second-order valence-corrected chi connectivity index (χ2v) is 3.33. The van der Waals surface area contributed by atoms with Gasteiger partial charge in [-0.1, -0.05) is 0 Å². The molecule has 0 amide bonds. The largest absolute Gasteiger partial charge is 0.451 e. The molecule has 0 saturated heterocycles. The monoisotopic (exact) mass is 251 g/mol. The molecule has 1 rings (SSSR count). The van der Waals surface area contributed by atoms with Gasteiger partial charge in [-0.15, -0.1) is 0 Å². The van der Waals surface area contributed by atoms with E-state index in [1.807, 2.05) is 5.43 Å². The second kappa shape index (κ2) is 5.15. The van der Waals surface area contributed by atoms with Crippen molar-refractivity contribution in [1.82, 2.24) is 9.97 Å². The van der Waals surface area contributed by atoms with Gasteiger partial charge in [0.25, 0.3) is 0 Å². The van der Waals surface area contributed by atoms with Crippen LogP contribution in [0.1, 0.15) is 12.7 Å². The van der Waals surface area contributed by atoms with E-state index < -0.39 is 18.0 Å². The third-order valence-corrected chi connectivity index (χ3v) is 1.80. The molecule has 17 heavy (non-hydrogen) atoms. The zero-order valence-corrected chi connectivity index (χ0v) is 8.91. The summed E-state index contributed by atoms with van der Waals surface area (Å²) in [6, 6.07) is 0.776. The summed E-state index contributed by atoms with van der Waals surface area (Å²) >= 11 is 0. The Balaban J connectivity index is 3.05. The minimum atomic E-state index is -4.66. The molecule has 0 spiro atoms. The maximum absolute atomic E-state index is 12.4. The second-order valence-electron chi connectivity index (χ2n) is 3.33. The average Bonchev–Trinajstić information content (AvgIpc) is 2.27. The van der Waals surface area contributed by atoms with E-state index in [1.165, 1.54) is 6.07 Å². The fraction of sp³-hybridized carbons (Fsp3) is 0.500. The highest BCUT2D eigenvalue weighted by Gasteiger charge is 2.35. The van der Waals surface area contributed by atoms with Gasteiger partial charge in [0.05, 0.1) is 6.61 Å². The number of anilines is 2. The van der Waals surface area contributed by atoms with Gasteiger partial charge in [-0.2, -0.15) is 13.2 Å². The van der Waals surface area contributed by atoms with E-state index in [-0.39, 0.29) is 18.2 Å². The summed E-state index contributed by atoms with van der Waals surface area (Å²) < 4.78 is 37.3. The summed E-state index contributed by atoms with van der Waals surface area (Å²) in [6.07, 6.45) is -4.66. The zero-order valence-electron chi connectivity index (χ0n) is 8.91. The fourth-order valence-corrected chi connectivity index (χ4v) is 1.02. The Bertz CT molecular complexity index is 384. The Labute approximate surface area is 95.0 Å². The van der Waals surface area contributed by atoms with Crippen LogP contribution in [-0.4, -0.2) is 27.7 Å². The van der Waals surface area contributed by atoms with Gasteiger partial charge >= 0.3 is 6.18 Å². The first-order valence-electron chi connectivity index (χ1n) is 4.67. The number of aliphatic hydroxyl groups is 1. The summed E-state index contributed by atoms with van der Waals surface area (Å²) in [6.45, 7) is 1.35. The number of nitrogen functional groups attached to an aromatic ring is 1. The number of alkyl halides is 3. The van der Waals surface area contributed by atoms with Crippen molar-refractivity contribution in [3.8, 4) is 0 Å². The quantitative estimate of drug-likeness (QED) is 0.461. The van der Waals surface area contributed by atoms with E-state index in [1.54, 1.807) is 6.92 Å². The SMILES string of the molecule is CC(CO)Nc1cc(NN)nc(C(F)(F)F)n1. The lowest BCUT2D eigenvalue weighted by Crippen LogP contribution is -2.22. The van der Waals surface area contributed by atoms with Gasteiger partial charge < -0.3 is 15.8 Å². The molecule has 96 valence electrons. The molecule has 0 fully saturated rings. The molecular formula is C8H12F3N5O. The lowest BCUT2D eigenvalue weighted by atomic mass is 10.3. The summed E-state index contributed by atoms with van der Waals surface area (Å²) in [5.41, 5.74) is 2.02. The Morgan fingerprint density at radius 3 is 2.47 bits per heavy atom. The van der Waals surface area contributed by atoms with Crippen LogP contribution in [0.3, 0.4) is 0 Å². The smallest absolute Gasteiger partial charge is 0.394 e. The van der Waals surface area contributed by atoms with Crippen molar-refractivity contribution in [3.63, 3.8) is 0 Å². The molecule has 0 bridgehead atoms. The number of nitrogens with zero attached hydrogens (tertiary/aromatic N) is 2. The summed E-state index contributed by atoms with van der Waals surface area (Å²) in [5.74, 6) is 3.47. The van der Waals surface area contributed by atoms with Crippen molar-refractivity contribution in [3.05, 3.63) is 11.9 Å². The van der Waals surface area contributed by atoms with Crippen molar-refractivity contribution in [2.24, 2.45) is 5.84 Å². The molecular weight excluding hydrogens is 239 g/mol. The highest BCUT2D eigenvalue weighted by Crippen LogP contribution is 2.28. The predicted molar refractivity (Wildman–Crippen MR) is 55.0 cm³/mol. The molecule has 0 aromatic carbocycles. The highest BCUT2D eigenvalue weighted by molar-refractivity contribution is 5.47. The lowest BCUT2D eigenvalue weighted by molar-refractivity contribution is -0.144. The first-order valence-corrected chi connectivity index (χ1v) is 4.67. The number of hydrogen-bond acceptors (Lipinski definition) is 6. The highest BCUT2D eigenvalue weighted by atomic mass is 19.4. The number of rotatable bonds is 4. The molecule has 1 heterocycles. The van der Waals surface area contributed by atoms with Gasteiger partial charge in [-0.05, 0) is 6.92 Å². The minimum absolute atomic E-state index is 0.0678. The number of hydrogen-bond donors (Lipinski definition) is 4. The molecule has 6 nitrogen and oxygen atoms in total. The average molecular weight is 251 g/mol. The Kier molecular flexibility index (Phi) is 4.07. The molecule has 0 aliphatic carbocycles. The van der Waals surface area contributed by atoms with Gasteiger partial charge in [0.2, 0.25) is 5.82 Å². The standard InChI is InChI=1S/C8H12F3N5O/c1-4(3-17)13-5-2-6(16-12)15-7(14-5)8(9,10)11/h2,4,17H,3,12H2,1H3,(H2,13,14,15,16). The van der Waals surface area contributed by atoms with Gasteiger partial charge in [-0.25, -0.2) is 15.8 Å². The first kappa shape index (κ1) is 13.5. The summed E-state index contributed by atoms with van der Waals surface area (Å²) in [5, 5.41) is 11.4. The van der Waals surface area contributed by atoms with Gasteiger partial charge in [0, 0.05) is 12.1 Å². The van der Waals surface area contributed by atoms with Crippen molar-refractivity contribution in [1.29, 1.82) is 0 Å². The molecule has 0 radical (unpaired) electrons. The Hall–Kier alpha value is -1.61. The Morgan fingerprint density at radius 2 is 2.00 bits per heavy atom. The number of aliphatic hydroxyl groups excluding tert-OH is 1. The third kappa shape index (κ3) is 3.71. The number of nitrogens with two attached hydrogens (primary N) is 1. The normalized spacial score (nSPS) is 13.3. The van der Waals surface area contributed by atoms with Crippen molar-refractivity contribution in [2.75, 3.05) is 17.3 Å². The van der Waals surface area contributed by atoms with Gasteiger partial charge in [-0.3, -0.25) is 0 Å². The van der Waals surface area contributed by atoms with E-state index in [2.05, 4.69) is 15.3 Å².